The standard InChI is InChI=1S/C42H44O4/c1-24-28-13-10-27(22-43)35(26-12-15-31-33(21-26)42(8,9)19-17-40(31,4)5)36(28)29(23-44)37(38(45)46)34(24)25-11-14-30-32(20-25)41(6,7)18-16-39(30,2)3/h10-15,20-21H,16-19H2,1-9H3,(H,45,46). The molecule has 4 nitrogen and oxygen atoms in total. The molecule has 236 valence electrons. The van der Waals surface area contributed by atoms with Gasteiger partial charge in [0, 0.05) is 16.5 Å². The monoisotopic (exact) mass is 612 g/mol. The van der Waals surface area contributed by atoms with Crippen molar-refractivity contribution in [2.24, 2.45) is 0 Å². The average molecular weight is 613 g/mol. The molecule has 0 amide bonds. The molecule has 0 unspecified atom stereocenters. The minimum atomic E-state index is -1.20. The molecule has 0 fully saturated rings. The minimum absolute atomic E-state index is 0.00408. The molecule has 6 rings (SSSR count). The van der Waals surface area contributed by atoms with E-state index >= 15 is 0 Å². The lowest BCUT2D eigenvalue weighted by Gasteiger charge is -2.42. The Hall–Kier alpha value is -4.23. The van der Waals surface area contributed by atoms with Gasteiger partial charge in [0.2, 0.25) is 0 Å². The van der Waals surface area contributed by atoms with E-state index in [4.69, 9.17) is 0 Å². The molecule has 0 aliphatic heterocycles. The Morgan fingerprint density at radius 3 is 1.52 bits per heavy atom. The van der Waals surface area contributed by atoms with Crippen molar-refractivity contribution in [1.82, 2.24) is 0 Å². The highest BCUT2D eigenvalue weighted by atomic mass is 16.4. The number of fused-ring (bicyclic) bond motifs is 3. The maximum absolute atomic E-state index is 13.2. The quantitative estimate of drug-likeness (QED) is 0.256. The van der Waals surface area contributed by atoms with E-state index in [9.17, 15) is 19.5 Å². The van der Waals surface area contributed by atoms with Gasteiger partial charge in [0.05, 0.1) is 16.0 Å². The third-order valence-electron chi connectivity index (χ3n) is 11.4. The van der Waals surface area contributed by atoms with Crippen LogP contribution < -0.4 is 10.4 Å². The summed E-state index contributed by atoms with van der Waals surface area (Å²) < 4.78 is 0. The zero-order valence-corrected chi connectivity index (χ0v) is 28.6. The number of carboxylic acids is 1. The summed E-state index contributed by atoms with van der Waals surface area (Å²) in [5, 5.41) is 12.2. The van der Waals surface area contributed by atoms with Gasteiger partial charge >= 0.3 is 5.97 Å². The lowest BCUT2D eigenvalue weighted by molar-refractivity contribution is 0.0696. The molecule has 0 saturated heterocycles. The van der Waals surface area contributed by atoms with Gasteiger partial charge in [-0.1, -0.05) is 97.9 Å². The predicted molar refractivity (Wildman–Crippen MR) is 186 cm³/mol. The van der Waals surface area contributed by atoms with E-state index in [1.807, 2.05) is 31.1 Å². The number of carbonyl (C=O) groups is 1. The van der Waals surface area contributed by atoms with E-state index in [0.29, 0.717) is 16.5 Å². The van der Waals surface area contributed by atoms with Crippen LogP contribution in [-0.4, -0.2) is 23.0 Å². The Bertz CT molecular complexity index is 2150. The van der Waals surface area contributed by atoms with Gasteiger partial charge in [-0.15, -0.1) is 0 Å². The van der Waals surface area contributed by atoms with Gasteiger partial charge in [-0.2, -0.15) is 0 Å². The van der Waals surface area contributed by atoms with E-state index in [1.165, 1.54) is 22.3 Å². The molecule has 4 aromatic rings. The molecule has 0 spiro atoms. The van der Waals surface area contributed by atoms with Crippen LogP contribution in [0.3, 0.4) is 0 Å². The predicted octanol–water partition coefficient (Wildman–Crippen LogP) is 7.88. The number of hydrogen-bond donors (Lipinski definition) is 1. The van der Waals surface area contributed by atoms with Crippen molar-refractivity contribution in [2.45, 2.75) is 110 Å². The number of rotatable bonds is 3. The van der Waals surface area contributed by atoms with Crippen molar-refractivity contribution in [2.75, 3.05) is 0 Å². The first-order valence-corrected chi connectivity index (χ1v) is 16.4. The highest BCUT2D eigenvalue weighted by Crippen LogP contribution is 2.49. The van der Waals surface area contributed by atoms with Gasteiger partial charge in [0.15, 0.2) is 0 Å². The Morgan fingerprint density at radius 2 is 1.09 bits per heavy atom. The molecular formula is C42H44O4. The second-order valence-corrected chi connectivity index (χ2v) is 16.2. The fourth-order valence-electron chi connectivity index (χ4n) is 8.30. The van der Waals surface area contributed by atoms with Crippen LogP contribution in [0, 0.1) is 6.92 Å². The molecule has 46 heavy (non-hydrogen) atoms. The molecule has 0 bridgehead atoms. The summed E-state index contributed by atoms with van der Waals surface area (Å²) in [5.41, 5.74) is 8.05. The Labute approximate surface area is 271 Å². The zero-order chi connectivity index (χ0) is 33.6. The van der Waals surface area contributed by atoms with Crippen LogP contribution in [0.1, 0.15) is 119 Å². The normalized spacial score (nSPS) is 18.6. The molecule has 4 heteroatoms. The maximum atomic E-state index is 13.2. The molecule has 0 heterocycles. The third kappa shape index (κ3) is 4.70. The smallest absolute Gasteiger partial charge is 0.337 e. The van der Waals surface area contributed by atoms with Crippen molar-refractivity contribution in [1.29, 1.82) is 0 Å². The zero-order valence-electron chi connectivity index (χ0n) is 28.6. The maximum Gasteiger partial charge on any atom is 0.337 e. The minimum Gasteiger partial charge on any atom is -0.478 e. The molecule has 4 aromatic carbocycles. The summed E-state index contributed by atoms with van der Waals surface area (Å²) >= 11 is 0. The molecule has 0 radical (unpaired) electrons. The number of carboxylic acid groups (broad SMARTS) is 1. The Balaban J connectivity index is 1.73. The van der Waals surface area contributed by atoms with Crippen LogP contribution in [-0.2, 0) is 31.2 Å². The van der Waals surface area contributed by atoms with Gasteiger partial charge in [0.25, 0.3) is 0 Å². The summed E-state index contributed by atoms with van der Waals surface area (Å²) in [5.74, 6) is 2.94. The molecule has 2 aliphatic rings. The third-order valence-corrected chi connectivity index (χ3v) is 11.4. The number of aryl methyl sites for hydroxylation is 1. The SMILES string of the molecule is Cc1c(-c2ccc3c(c2)C(C)(C)CCC3(C)C)c(C(=O)O)c(=C=O)c2c(-c3ccc4c(c3)C(C)(C)CCC4(C)C)c(=C=O)ccc12. The van der Waals surface area contributed by atoms with Crippen LogP contribution in [0.15, 0.2) is 48.5 Å². The summed E-state index contributed by atoms with van der Waals surface area (Å²) in [6.07, 6.45) is 4.18. The second-order valence-electron chi connectivity index (χ2n) is 16.2. The fourth-order valence-corrected chi connectivity index (χ4v) is 8.30. The first kappa shape index (κ1) is 31.7. The molecule has 0 saturated carbocycles. The topological polar surface area (TPSA) is 71.4 Å². The number of hydrogen-bond acceptors (Lipinski definition) is 3. The first-order valence-electron chi connectivity index (χ1n) is 16.4. The van der Waals surface area contributed by atoms with Gasteiger partial charge in [-0.05, 0) is 105 Å². The number of aromatic carboxylic acids is 1. The molecule has 1 N–H and O–H groups in total. The van der Waals surface area contributed by atoms with Crippen LogP contribution in [0.2, 0.25) is 0 Å². The summed E-state index contributed by atoms with van der Waals surface area (Å²) in [4.78, 5) is 38.6. The average Bonchev–Trinajstić information content (AvgIpc) is 3.00. The highest BCUT2D eigenvalue weighted by Gasteiger charge is 2.39. The van der Waals surface area contributed by atoms with Gasteiger partial charge in [0.1, 0.15) is 11.9 Å². The molecular weight excluding hydrogens is 568 g/mol. The van der Waals surface area contributed by atoms with Gasteiger partial charge in [-0.25, -0.2) is 14.4 Å². The van der Waals surface area contributed by atoms with E-state index in [-0.39, 0.29) is 37.7 Å². The largest absolute Gasteiger partial charge is 0.478 e. The van der Waals surface area contributed by atoms with E-state index in [1.54, 1.807) is 6.07 Å². The van der Waals surface area contributed by atoms with Gasteiger partial charge < -0.3 is 5.11 Å². The second kappa shape index (κ2) is 10.4. The van der Waals surface area contributed by atoms with E-state index < -0.39 is 5.97 Å². The summed E-state index contributed by atoms with van der Waals surface area (Å²) in [7, 11) is 0. The van der Waals surface area contributed by atoms with Crippen molar-refractivity contribution < 1.29 is 19.5 Å². The highest BCUT2D eigenvalue weighted by molar-refractivity contribution is 6.10. The Kier molecular flexibility index (Phi) is 7.17. The van der Waals surface area contributed by atoms with Gasteiger partial charge in [-0.3, -0.25) is 0 Å². The van der Waals surface area contributed by atoms with Crippen LogP contribution >= 0.6 is 0 Å². The molecule has 2 aliphatic carbocycles. The summed E-state index contributed by atoms with van der Waals surface area (Å²) in [6, 6.07) is 16.1. The lowest BCUT2D eigenvalue weighted by Crippen LogP contribution is -2.34. The summed E-state index contributed by atoms with van der Waals surface area (Å²) in [6.45, 7) is 19.9. The number of benzene rings is 4. The molecule has 0 atom stereocenters. The van der Waals surface area contributed by atoms with Crippen LogP contribution in [0.5, 0.6) is 0 Å². The van der Waals surface area contributed by atoms with Crippen molar-refractivity contribution >= 4 is 28.6 Å². The van der Waals surface area contributed by atoms with Crippen molar-refractivity contribution in [3.63, 3.8) is 0 Å². The van der Waals surface area contributed by atoms with Crippen LogP contribution in [0.4, 0.5) is 0 Å². The van der Waals surface area contributed by atoms with E-state index in [0.717, 1.165) is 47.8 Å². The van der Waals surface area contributed by atoms with Crippen molar-refractivity contribution in [3.8, 4) is 22.3 Å². The fraction of sp³-hybridized carbons (Fsp3) is 0.405. The lowest BCUT2D eigenvalue weighted by atomic mass is 9.62. The molecule has 0 aromatic heterocycles. The Morgan fingerprint density at radius 1 is 0.630 bits per heavy atom. The van der Waals surface area contributed by atoms with E-state index in [2.05, 4.69) is 85.6 Å². The van der Waals surface area contributed by atoms with Crippen LogP contribution in [0.25, 0.3) is 33.0 Å². The number of carbonyl (C=O) groups excluding carboxylic acids is 2. The van der Waals surface area contributed by atoms with Crippen molar-refractivity contribution in [3.05, 3.63) is 92.3 Å². The first-order chi connectivity index (χ1) is 21.4.